The van der Waals surface area contributed by atoms with Crippen LogP contribution in [-0.2, 0) is 11.3 Å². The lowest BCUT2D eigenvalue weighted by Crippen LogP contribution is -2.27. The number of ether oxygens (including phenoxy) is 1. The smallest absolute Gasteiger partial charge is 0.237 e. The summed E-state index contributed by atoms with van der Waals surface area (Å²) in [5, 5.41) is 0. The number of halogens is 1. The van der Waals surface area contributed by atoms with Gasteiger partial charge in [-0.1, -0.05) is 18.2 Å². The van der Waals surface area contributed by atoms with Gasteiger partial charge in [-0.2, -0.15) is 0 Å². The molecule has 1 aromatic rings. The summed E-state index contributed by atoms with van der Waals surface area (Å²) in [6.45, 7) is 1.98. The van der Waals surface area contributed by atoms with Crippen molar-refractivity contribution < 1.29 is 9.53 Å². The van der Waals surface area contributed by atoms with Crippen molar-refractivity contribution in [2.24, 2.45) is 0 Å². The standard InChI is InChI=1S/C14H21ClN2O2/c1-16(2)8-9-19-13-7-5-4-6-12(13)11-17(3)14(18)10-15/h4-7H,8-11H2,1-3H3. The van der Waals surface area contributed by atoms with Crippen LogP contribution in [0.3, 0.4) is 0 Å². The second-order valence-electron chi connectivity index (χ2n) is 4.64. The van der Waals surface area contributed by atoms with Crippen molar-refractivity contribution in [2.45, 2.75) is 6.54 Å². The van der Waals surface area contributed by atoms with E-state index in [4.69, 9.17) is 16.3 Å². The highest BCUT2D eigenvalue weighted by Gasteiger charge is 2.10. The summed E-state index contributed by atoms with van der Waals surface area (Å²) in [5.74, 6) is 0.725. The molecule has 0 fully saturated rings. The third kappa shape index (κ3) is 5.49. The van der Waals surface area contributed by atoms with E-state index in [9.17, 15) is 4.79 Å². The zero-order valence-corrected chi connectivity index (χ0v) is 12.5. The second-order valence-corrected chi connectivity index (χ2v) is 4.91. The van der Waals surface area contributed by atoms with E-state index < -0.39 is 0 Å². The maximum atomic E-state index is 11.5. The minimum absolute atomic E-state index is 0.000152. The number of nitrogens with zero attached hydrogens (tertiary/aromatic N) is 2. The number of likely N-dealkylation sites (N-methyl/N-ethyl adjacent to an activating group) is 1. The van der Waals surface area contributed by atoms with Gasteiger partial charge < -0.3 is 14.5 Å². The van der Waals surface area contributed by atoms with Crippen LogP contribution in [0.1, 0.15) is 5.56 Å². The molecule has 0 saturated carbocycles. The number of para-hydroxylation sites is 1. The summed E-state index contributed by atoms with van der Waals surface area (Å²) >= 11 is 5.54. The first kappa shape index (κ1) is 15.8. The van der Waals surface area contributed by atoms with Crippen LogP contribution in [-0.4, -0.2) is 55.9 Å². The average Bonchev–Trinajstić information content (AvgIpc) is 2.39. The molecule has 0 saturated heterocycles. The van der Waals surface area contributed by atoms with Crippen LogP contribution < -0.4 is 4.74 Å². The molecule has 0 N–H and O–H groups in total. The molecule has 0 aliphatic heterocycles. The van der Waals surface area contributed by atoms with E-state index in [1.807, 2.05) is 38.4 Å². The van der Waals surface area contributed by atoms with Crippen molar-refractivity contribution in [3.05, 3.63) is 29.8 Å². The zero-order chi connectivity index (χ0) is 14.3. The SMILES string of the molecule is CN(C)CCOc1ccccc1CN(C)C(=O)CCl. The van der Waals surface area contributed by atoms with Crippen LogP contribution in [0.25, 0.3) is 0 Å². The molecule has 19 heavy (non-hydrogen) atoms. The van der Waals surface area contributed by atoms with E-state index in [1.54, 1.807) is 11.9 Å². The maximum Gasteiger partial charge on any atom is 0.237 e. The number of alkyl halides is 1. The molecule has 0 atom stereocenters. The summed E-state index contributed by atoms with van der Waals surface area (Å²) in [6.07, 6.45) is 0. The normalized spacial score (nSPS) is 10.6. The lowest BCUT2D eigenvalue weighted by Gasteiger charge is -2.19. The minimum Gasteiger partial charge on any atom is -0.492 e. The van der Waals surface area contributed by atoms with Crippen LogP contribution in [0.2, 0.25) is 0 Å². The van der Waals surface area contributed by atoms with E-state index in [0.717, 1.165) is 17.9 Å². The molecule has 1 rings (SSSR count). The molecular weight excluding hydrogens is 264 g/mol. The monoisotopic (exact) mass is 284 g/mol. The van der Waals surface area contributed by atoms with Crippen molar-refractivity contribution in [3.8, 4) is 5.75 Å². The summed E-state index contributed by atoms with van der Waals surface area (Å²) < 4.78 is 5.75. The molecule has 0 unspecified atom stereocenters. The first-order valence-electron chi connectivity index (χ1n) is 6.20. The van der Waals surface area contributed by atoms with Crippen molar-refractivity contribution in [1.29, 1.82) is 0 Å². The maximum absolute atomic E-state index is 11.5. The lowest BCUT2D eigenvalue weighted by atomic mass is 10.2. The van der Waals surface area contributed by atoms with Gasteiger partial charge in [0.15, 0.2) is 0 Å². The van der Waals surface area contributed by atoms with Crippen LogP contribution in [0.5, 0.6) is 5.75 Å². The second kappa shape index (κ2) is 8.02. The van der Waals surface area contributed by atoms with Crippen LogP contribution >= 0.6 is 11.6 Å². The molecule has 0 bridgehead atoms. The third-order valence-electron chi connectivity index (χ3n) is 2.72. The fourth-order valence-corrected chi connectivity index (χ4v) is 1.76. The van der Waals surface area contributed by atoms with Crippen LogP contribution in [0.4, 0.5) is 0 Å². The minimum atomic E-state index is -0.0928. The number of amides is 1. The molecule has 4 nitrogen and oxygen atoms in total. The highest BCUT2D eigenvalue weighted by Crippen LogP contribution is 2.19. The Labute approximate surface area is 119 Å². The van der Waals surface area contributed by atoms with Gasteiger partial charge in [-0.3, -0.25) is 4.79 Å². The number of rotatable bonds is 7. The van der Waals surface area contributed by atoms with Gasteiger partial charge in [0.05, 0.1) is 0 Å². The Morgan fingerprint density at radius 3 is 2.58 bits per heavy atom. The first-order valence-corrected chi connectivity index (χ1v) is 6.73. The van der Waals surface area contributed by atoms with E-state index >= 15 is 0 Å². The van der Waals surface area contributed by atoms with E-state index in [-0.39, 0.29) is 11.8 Å². The molecule has 0 aliphatic rings. The number of hydrogen-bond acceptors (Lipinski definition) is 3. The Hall–Kier alpha value is -1.26. The summed E-state index contributed by atoms with van der Waals surface area (Å²) in [5.41, 5.74) is 0.988. The molecule has 1 amide bonds. The molecule has 0 aliphatic carbocycles. The molecule has 0 heterocycles. The van der Waals surface area contributed by atoms with Crippen molar-refractivity contribution in [3.63, 3.8) is 0 Å². The average molecular weight is 285 g/mol. The molecule has 0 radical (unpaired) electrons. The first-order chi connectivity index (χ1) is 9.04. The zero-order valence-electron chi connectivity index (χ0n) is 11.7. The number of hydrogen-bond donors (Lipinski definition) is 0. The van der Waals surface area contributed by atoms with Gasteiger partial charge in [-0.15, -0.1) is 11.6 Å². The fourth-order valence-electron chi connectivity index (χ4n) is 1.56. The topological polar surface area (TPSA) is 32.8 Å². The van der Waals surface area contributed by atoms with Crippen molar-refractivity contribution in [1.82, 2.24) is 9.80 Å². The van der Waals surface area contributed by atoms with Gasteiger partial charge in [-0.25, -0.2) is 0 Å². The Morgan fingerprint density at radius 1 is 1.26 bits per heavy atom. The van der Waals surface area contributed by atoms with E-state index in [0.29, 0.717) is 13.2 Å². The van der Waals surface area contributed by atoms with E-state index in [1.165, 1.54) is 0 Å². The molecular formula is C14H21ClN2O2. The van der Waals surface area contributed by atoms with E-state index in [2.05, 4.69) is 4.90 Å². The lowest BCUT2D eigenvalue weighted by molar-refractivity contribution is -0.127. The number of carbonyl (C=O) groups excluding carboxylic acids is 1. The molecule has 0 spiro atoms. The van der Waals surface area contributed by atoms with Crippen LogP contribution in [0, 0.1) is 0 Å². The molecule has 5 heteroatoms. The summed E-state index contributed by atoms with van der Waals surface area (Å²) in [6, 6.07) is 7.75. The van der Waals surface area contributed by atoms with Gasteiger partial charge >= 0.3 is 0 Å². The highest BCUT2D eigenvalue weighted by atomic mass is 35.5. The quantitative estimate of drug-likeness (QED) is 0.716. The van der Waals surface area contributed by atoms with Gasteiger partial charge in [-0.05, 0) is 20.2 Å². The van der Waals surface area contributed by atoms with Crippen molar-refractivity contribution in [2.75, 3.05) is 40.2 Å². The van der Waals surface area contributed by atoms with Gasteiger partial charge in [0.25, 0.3) is 0 Å². The van der Waals surface area contributed by atoms with Gasteiger partial charge in [0, 0.05) is 25.7 Å². The summed E-state index contributed by atoms with van der Waals surface area (Å²) in [4.78, 5) is 15.1. The Balaban J connectivity index is 2.64. The number of carbonyl (C=O) groups is 1. The molecule has 1 aromatic carbocycles. The van der Waals surface area contributed by atoms with Crippen LogP contribution in [0.15, 0.2) is 24.3 Å². The highest BCUT2D eigenvalue weighted by molar-refractivity contribution is 6.27. The third-order valence-corrected chi connectivity index (χ3v) is 2.94. The largest absolute Gasteiger partial charge is 0.492 e. The predicted molar refractivity (Wildman–Crippen MR) is 77.7 cm³/mol. The fraction of sp³-hybridized carbons (Fsp3) is 0.500. The molecule has 106 valence electrons. The summed E-state index contributed by atoms with van der Waals surface area (Å²) in [7, 11) is 5.74. The Bertz CT molecular complexity index is 410. The predicted octanol–water partition coefficient (Wildman–Crippen LogP) is 1.82. The Kier molecular flexibility index (Phi) is 6.67. The molecule has 0 aromatic heterocycles. The number of benzene rings is 1. The van der Waals surface area contributed by atoms with Gasteiger partial charge in [0.2, 0.25) is 5.91 Å². The van der Waals surface area contributed by atoms with Crippen molar-refractivity contribution >= 4 is 17.5 Å². The van der Waals surface area contributed by atoms with Gasteiger partial charge in [0.1, 0.15) is 18.2 Å². The Morgan fingerprint density at radius 2 is 1.95 bits per heavy atom.